The van der Waals surface area contributed by atoms with Gasteiger partial charge in [-0.25, -0.2) is 0 Å². The first kappa shape index (κ1) is 23.3. The molecule has 0 amide bonds. The minimum absolute atomic E-state index is 0.0920. The number of hydrogen-bond acceptors (Lipinski definition) is 3. The van der Waals surface area contributed by atoms with Gasteiger partial charge in [0.2, 0.25) is 0 Å². The third-order valence-corrected chi connectivity index (χ3v) is 5.17. The maximum absolute atomic E-state index is 13.0. The van der Waals surface area contributed by atoms with Gasteiger partial charge in [0, 0.05) is 11.8 Å². The van der Waals surface area contributed by atoms with Gasteiger partial charge in [-0.3, -0.25) is 0 Å². The molecule has 3 atom stereocenters. The SMILES string of the molecule is O=C[C@H]1CCO[C@H](OCCc2cc(C(F)(F)F)cc(C(F)(F)F)c2)[C@@H]1c1ccccc1. The number of hydrogen-bond donors (Lipinski definition) is 0. The number of aldehydes is 1. The van der Waals surface area contributed by atoms with E-state index in [-0.39, 0.29) is 37.2 Å². The van der Waals surface area contributed by atoms with E-state index in [4.69, 9.17) is 9.47 Å². The highest BCUT2D eigenvalue weighted by molar-refractivity contribution is 5.56. The zero-order valence-electron chi connectivity index (χ0n) is 16.2. The Kier molecular flexibility index (Phi) is 7.06. The van der Waals surface area contributed by atoms with Gasteiger partial charge in [0.05, 0.1) is 24.3 Å². The molecular formula is C22H20F6O3. The monoisotopic (exact) mass is 446 g/mol. The quantitative estimate of drug-likeness (QED) is 0.426. The molecule has 0 aliphatic carbocycles. The van der Waals surface area contributed by atoms with Gasteiger partial charge in [0.15, 0.2) is 6.29 Å². The number of carbonyl (C=O) groups excluding carboxylic acids is 1. The molecule has 0 N–H and O–H groups in total. The molecular weight excluding hydrogens is 426 g/mol. The lowest BCUT2D eigenvalue weighted by molar-refractivity contribution is -0.186. The first-order chi connectivity index (χ1) is 14.6. The van der Waals surface area contributed by atoms with Crippen LogP contribution in [0.15, 0.2) is 48.5 Å². The molecule has 1 fully saturated rings. The van der Waals surface area contributed by atoms with Crippen LogP contribution < -0.4 is 0 Å². The van der Waals surface area contributed by atoms with E-state index in [0.29, 0.717) is 18.6 Å². The third-order valence-electron chi connectivity index (χ3n) is 5.17. The van der Waals surface area contributed by atoms with Crippen molar-refractivity contribution in [3.05, 3.63) is 70.8 Å². The van der Waals surface area contributed by atoms with Gasteiger partial charge in [-0.15, -0.1) is 0 Å². The number of benzene rings is 2. The van der Waals surface area contributed by atoms with Gasteiger partial charge in [-0.05, 0) is 42.2 Å². The van der Waals surface area contributed by atoms with Crippen LogP contribution in [0.1, 0.15) is 34.6 Å². The number of carbonyl (C=O) groups is 1. The fourth-order valence-electron chi connectivity index (χ4n) is 3.65. The predicted octanol–water partition coefficient (Wildman–Crippen LogP) is 5.63. The molecule has 1 heterocycles. The van der Waals surface area contributed by atoms with Gasteiger partial charge < -0.3 is 14.3 Å². The van der Waals surface area contributed by atoms with Crippen molar-refractivity contribution in [2.75, 3.05) is 13.2 Å². The maximum Gasteiger partial charge on any atom is 0.416 e. The summed E-state index contributed by atoms with van der Waals surface area (Å²) in [5.74, 6) is -0.786. The molecule has 0 radical (unpaired) electrons. The number of ether oxygens (including phenoxy) is 2. The smallest absolute Gasteiger partial charge is 0.352 e. The second-order valence-electron chi connectivity index (χ2n) is 7.30. The molecule has 1 saturated heterocycles. The Morgan fingerprint density at radius 3 is 2.13 bits per heavy atom. The van der Waals surface area contributed by atoms with Crippen LogP contribution in [0.25, 0.3) is 0 Å². The molecule has 168 valence electrons. The highest BCUT2D eigenvalue weighted by atomic mass is 19.4. The van der Waals surface area contributed by atoms with Crippen molar-refractivity contribution in [2.45, 2.75) is 37.4 Å². The number of rotatable bonds is 6. The number of halogens is 6. The average molecular weight is 446 g/mol. The van der Waals surface area contributed by atoms with Crippen LogP contribution in [0.5, 0.6) is 0 Å². The number of alkyl halides is 6. The van der Waals surface area contributed by atoms with Gasteiger partial charge in [0.25, 0.3) is 0 Å². The van der Waals surface area contributed by atoms with Crippen molar-refractivity contribution >= 4 is 6.29 Å². The fraction of sp³-hybridized carbons (Fsp3) is 0.409. The van der Waals surface area contributed by atoms with E-state index in [1.54, 1.807) is 12.1 Å². The molecule has 0 bridgehead atoms. The largest absolute Gasteiger partial charge is 0.416 e. The molecule has 1 aliphatic heterocycles. The second-order valence-corrected chi connectivity index (χ2v) is 7.30. The Morgan fingerprint density at radius 1 is 0.968 bits per heavy atom. The summed E-state index contributed by atoms with van der Waals surface area (Å²) in [6.07, 6.45) is -9.51. The summed E-state index contributed by atoms with van der Waals surface area (Å²) in [4.78, 5) is 11.5. The molecule has 0 saturated carbocycles. The summed E-state index contributed by atoms with van der Waals surface area (Å²) < 4.78 is 89.4. The Bertz CT molecular complexity index is 847. The molecule has 0 spiro atoms. The Hall–Kier alpha value is -2.39. The zero-order chi connectivity index (χ0) is 22.6. The first-order valence-electron chi connectivity index (χ1n) is 9.61. The molecule has 3 rings (SSSR count). The molecule has 2 aromatic rings. The van der Waals surface area contributed by atoms with E-state index in [2.05, 4.69) is 0 Å². The van der Waals surface area contributed by atoms with Gasteiger partial charge in [-0.1, -0.05) is 30.3 Å². The lowest BCUT2D eigenvalue weighted by Gasteiger charge is -2.35. The summed E-state index contributed by atoms with van der Waals surface area (Å²) in [6.45, 7) is 0.0946. The summed E-state index contributed by atoms with van der Waals surface area (Å²) >= 11 is 0. The van der Waals surface area contributed by atoms with Crippen LogP contribution in [-0.4, -0.2) is 25.8 Å². The first-order valence-corrected chi connectivity index (χ1v) is 9.61. The molecule has 0 unspecified atom stereocenters. The normalized spacial score (nSPS) is 22.3. The van der Waals surface area contributed by atoms with Crippen LogP contribution >= 0.6 is 0 Å². The van der Waals surface area contributed by atoms with Crippen molar-refractivity contribution in [1.29, 1.82) is 0 Å². The van der Waals surface area contributed by atoms with E-state index >= 15 is 0 Å². The van der Waals surface area contributed by atoms with Gasteiger partial charge in [0.1, 0.15) is 6.29 Å². The zero-order valence-corrected chi connectivity index (χ0v) is 16.2. The molecule has 3 nitrogen and oxygen atoms in total. The van der Waals surface area contributed by atoms with Crippen LogP contribution in [-0.2, 0) is 33.0 Å². The van der Waals surface area contributed by atoms with E-state index in [9.17, 15) is 31.1 Å². The highest BCUT2D eigenvalue weighted by Gasteiger charge is 2.38. The predicted molar refractivity (Wildman–Crippen MR) is 99.2 cm³/mol. The van der Waals surface area contributed by atoms with Gasteiger partial charge >= 0.3 is 12.4 Å². The molecule has 1 aliphatic rings. The Morgan fingerprint density at radius 2 is 1.58 bits per heavy atom. The molecule has 31 heavy (non-hydrogen) atoms. The summed E-state index contributed by atoms with van der Waals surface area (Å²) in [6, 6.07) is 10.5. The minimum Gasteiger partial charge on any atom is -0.352 e. The van der Waals surface area contributed by atoms with Crippen molar-refractivity contribution in [2.24, 2.45) is 5.92 Å². The standard InChI is InChI=1S/C22H20F6O3/c23-21(24,25)17-10-14(11-18(12-17)22(26,27)28)6-8-30-20-19(15-4-2-1-3-5-15)16(13-29)7-9-31-20/h1-5,10-13,16,19-20H,6-9H2/t16-,19-,20+/m1/s1. The van der Waals surface area contributed by atoms with E-state index in [0.717, 1.165) is 11.8 Å². The van der Waals surface area contributed by atoms with Crippen LogP contribution in [0.2, 0.25) is 0 Å². The van der Waals surface area contributed by atoms with Crippen molar-refractivity contribution in [1.82, 2.24) is 0 Å². The summed E-state index contributed by atoms with van der Waals surface area (Å²) in [5, 5.41) is 0. The van der Waals surface area contributed by atoms with E-state index in [1.807, 2.05) is 18.2 Å². The van der Waals surface area contributed by atoms with E-state index in [1.165, 1.54) is 0 Å². The Labute approximate surface area is 175 Å². The van der Waals surface area contributed by atoms with Crippen LogP contribution in [0.3, 0.4) is 0 Å². The molecule has 9 heteroatoms. The third kappa shape index (κ3) is 5.86. The fourth-order valence-corrected chi connectivity index (χ4v) is 3.65. The van der Waals surface area contributed by atoms with Crippen LogP contribution in [0, 0.1) is 5.92 Å². The molecule has 2 aromatic carbocycles. The average Bonchev–Trinajstić information content (AvgIpc) is 2.72. The topological polar surface area (TPSA) is 35.5 Å². The van der Waals surface area contributed by atoms with Crippen molar-refractivity contribution in [3.8, 4) is 0 Å². The van der Waals surface area contributed by atoms with Crippen molar-refractivity contribution < 1.29 is 40.6 Å². The summed E-state index contributed by atoms with van der Waals surface area (Å²) in [5.41, 5.74) is -2.08. The highest BCUT2D eigenvalue weighted by Crippen LogP contribution is 2.37. The maximum atomic E-state index is 13.0. The summed E-state index contributed by atoms with van der Waals surface area (Å²) in [7, 11) is 0. The van der Waals surface area contributed by atoms with Crippen LogP contribution in [0.4, 0.5) is 26.3 Å². The van der Waals surface area contributed by atoms with Crippen molar-refractivity contribution in [3.63, 3.8) is 0 Å². The lowest BCUT2D eigenvalue weighted by Crippen LogP contribution is -2.37. The van der Waals surface area contributed by atoms with Gasteiger partial charge in [-0.2, -0.15) is 26.3 Å². The lowest BCUT2D eigenvalue weighted by atomic mass is 9.83. The Balaban J connectivity index is 1.76. The minimum atomic E-state index is -4.90. The second kappa shape index (κ2) is 9.40. The van der Waals surface area contributed by atoms with E-state index < -0.39 is 35.7 Å². The molecule has 0 aromatic heterocycles.